The van der Waals surface area contributed by atoms with Gasteiger partial charge in [0.1, 0.15) is 0 Å². The van der Waals surface area contributed by atoms with Crippen LogP contribution in [0.15, 0.2) is 29.2 Å². The van der Waals surface area contributed by atoms with Crippen molar-refractivity contribution in [1.82, 2.24) is 10.2 Å². The highest BCUT2D eigenvalue weighted by atomic mass is 32.2. The fourth-order valence-electron chi connectivity index (χ4n) is 1.52. The average molecular weight is 284 g/mol. The van der Waals surface area contributed by atoms with Gasteiger partial charge in [-0.2, -0.15) is 0 Å². The molecule has 1 unspecified atom stereocenters. The Morgan fingerprint density at radius 1 is 1.26 bits per heavy atom. The molecule has 0 heterocycles. The number of carbonyl (C=O) groups is 1. The minimum absolute atomic E-state index is 0.000365. The number of hydrogen-bond donors (Lipinski definition) is 1. The second kappa shape index (κ2) is 6.16. The Labute approximate surface area is 114 Å². The lowest BCUT2D eigenvalue weighted by molar-refractivity contribution is -0.127. The molecular formula is C13H20N2O3S. The van der Waals surface area contributed by atoms with Crippen LogP contribution in [0.1, 0.15) is 18.5 Å². The first-order chi connectivity index (χ1) is 8.71. The molecule has 0 fully saturated rings. The zero-order chi connectivity index (χ0) is 14.6. The summed E-state index contributed by atoms with van der Waals surface area (Å²) in [6.45, 7) is 2.18. The van der Waals surface area contributed by atoms with E-state index in [0.29, 0.717) is 4.90 Å². The molecule has 1 N–H and O–H groups in total. The van der Waals surface area contributed by atoms with Gasteiger partial charge in [-0.1, -0.05) is 12.1 Å². The molecule has 106 valence electrons. The van der Waals surface area contributed by atoms with Gasteiger partial charge in [-0.15, -0.1) is 0 Å². The zero-order valence-electron chi connectivity index (χ0n) is 11.7. The zero-order valence-corrected chi connectivity index (χ0v) is 12.5. The minimum atomic E-state index is -3.16. The molecule has 19 heavy (non-hydrogen) atoms. The van der Waals surface area contributed by atoms with Gasteiger partial charge in [-0.3, -0.25) is 4.79 Å². The van der Waals surface area contributed by atoms with Crippen molar-refractivity contribution in [2.75, 3.05) is 26.9 Å². The molecule has 0 saturated heterocycles. The topological polar surface area (TPSA) is 66.5 Å². The number of hydrogen-bond acceptors (Lipinski definition) is 4. The Balaban J connectivity index is 2.68. The number of sulfone groups is 1. The minimum Gasteiger partial charge on any atom is -0.348 e. The number of likely N-dealkylation sites (N-methyl/N-ethyl adjacent to an activating group) is 1. The van der Waals surface area contributed by atoms with E-state index in [4.69, 9.17) is 0 Å². The van der Waals surface area contributed by atoms with Crippen LogP contribution in [0, 0.1) is 0 Å². The van der Waals surface area contributed by atoms with E-state index >= 15 is 0 Å². The van der Waals surface area contributed by atoms with Crippen LogP contribution in [-0.4, -0.2) is 46.1 Å². The van der Waals surface area contributed by atoms with Crippen LogP contribution in [-0.2, 0) is 14.6 Å². The van der Waals surface area contributed by atoms with E-state index in [1.54, 1.807) is 38.4 Å². The average Bonchev–Trinajstić information content (AvgIpc) is 2.34. The van der Waals surface area contributed by atoms with Crippen LogP contribution < -0.4 is 5.32 Å². The summed E-state index contributed by atoms with van der Waals surface area (Å²) >= 11 is 0. The first-order valence-electron chi connectivity index (χ1n) is 5.95. The van der Waals surface area contributed by atoms with E-state index in [2.05, 4.69) is 5.32 Å². The highest BCUT2D eigenvalue weighted by Gasteiger charge is 2.11. The summed E-state index contributed by atoms with van der Waals surface area (Å²) in [5, 5.41) is 3.10. The summed E-state index contributed by atoms with van der Waals surface area (Å²) in [7, 11) is 0.244. The van der Waals surface area contributed by atoms with Crippen LogP contribution in [0.2, 0.25) is 0 Å². The van der Waals surface area contributed by atoms with Crippen LogP contribution in [0.4, 0.5) is 0 Å². The summed E-state index contributed by atoms with van der Waals surface area (Å²) in [4.78, 5) is 13.3. The van der Waals surface area contributed by atoms with Crippen LogP contribution >= 0.6 is 0 Å². The first-order valence-corrected chi connectivity index (χ1v) is 7.84. The van der Waals surface area contributed by atoms with Gasteiger partial charge < -0.3 is 10.2 Å². The van der Waals surface area contributed by atoms with Crippen molar-refractivity contribution in [1.29, 1.82) is 0 Å². The molecule has 0 aliphatic carbocycles. The fourth-order valence-corrected chi connectivity index (χ4v) is 2.15. The van der Waals surface area contributed by atoms with Gasteiger partial charge in [0, 0.05) is 26.4 Å². The van der Waals surface area contributed by atoms with E-state index in [1.165, 1.54) is 11.2 Å². The summed E-state index contributed by atoms with van der Waals surface area (Å²) in [6.07, 6.45) is 1.18. The lowest BCUT2D eigenvalue weighted by Crippen LogP contribution is -2.34. The van der Waals surface area contributed by atoms with Crippen molar-refractivity contribution < 1.29 is 13.2 Å². The van der Waals surface area contributed by atoms with Gasteiger partial charge in [0.25, 0.3) is 0 Å². The summed E-state index contributed by atoms with van der Waals surface area (Å²) in [6, 6.07) is 6.66. The van der Waals surface area contributed by atoms with E-state index < -0.39 is 9.84 Å². The van der Waals surface area contributed by atoms with Crippen molar-refractivity contribution in [2.45, 2.75) is 17.9 Å². The Hall–Kier alpha value is -1.40. The smallest absolute Gasteiger partial charge is 0.236 e. The Bertz CT molecular complexity index is 536. The number of carbonyl (C=O) groups excluding carboxylic acids is 1. The predicted octanol–water partition coefficient (Wildman–Crippen LogP) is 0.829. The molecule has 5 nitrogen and oxygen atoms in total. The number of nitrogens with zero attached hydrogens (tertiary/aromatic N) is 1. The molecular weight excluding hydrogens is 264 g/mol. The molecule has 0 radical (unpaired) electrons. The molecule has 0 aromatic heterocycles. The van der Waals surface area contributed by atoms with Gasteiger partial charge in [-0.05, 0) is 24.6 Å². The predicted molar refractivity (Wildman–Crippen MR) is 74.7 cm³/mol. The lowest BCUT2D eigenvalue weighted by Gasteiger charge is -2.16. The fraction of sp³-hybridized carbons (Fsp3) is 0.462. The molecule has 1 rings (SSSR count). The lowest BCUT2D eigenvalue weighted by atomic mass is 10.1. The van der Waals surface area contributed by atoms with Crippen molar-refractivity contribution in [3.8, 4) is 0 Å². The largest absolute Gasteiger partial charge is 0.348 e. The quantitative estimate of drug-likeness (QED) is 0.869. The van der Waals surface area contributed by atoms with Crippen LogP contribution in [0.5, 0.6) is 0 Å². The molecule has 1 aromatic carbocycles. The second-order valence-electron chi connectivity index (χ2n) is 4.73. The summed E-state index contributed by atoms with van der Waals surface area (Å²) < 4.78 is 22.7. The molecule has 1 aromatic rings. The van der Waals surface area contributed by atoms with Crippen LogP contribution in [0.25, 0.3) is 0 Å². The normalized spacial score (nSPS) is 13.1. The van der Waals surface area contributed by atoms with Gasteiger partial charge >= 0.3 is 0 Å². The van der Waals surface area contributed by atoms with Crippen LogP contribution in [0.3, 0.4) is 0 Å². The molecule has 0 saturated carbocycles. The SMILES string of the molecule is CC(NCC(=O)N(C)C)c1ccc(S(C)(=O)=O)cc1. The molecule has 1 atom stereocenters. The maximum Gasteiger partial charge on any atom is 0.236 e. The van der Waals surface area contributed by atoms with Crippen molar-refractivity contribution in [3.05, 3.63) is 29.8 Å². The maximum absolute atomic E-state index is 11.4. The molecule has 0 aliphatic heterocycles. The summed E-state index contributed by atoms with van der Waals surface area (Å²) in [5.41, 5.74) is 0.943. The second-order valence-corrected chi connectivity index (χ2v) is 6.75. The van der Waals surface area contributed by atoms with Gasteiger partial charge in [0.05, 0.1) is 11.4 Å². The number of rotatable bonds is 5. The van der Waals surface area contributed by atoms with E-state index in [0.717, 1.165) is 5.56 Å². The third-order valence-electron chi connectivity index (χ3n) is 2.87. The van der Waals surface area contributed by atoms with Crippen molar-refractivity contribution in [3.63, 3.8) is 0 Å². The number of nitrogens with one attached hydrogen (secondary N) is 1. The highest BCUT2D eigenvalue weighted by molar-refractivity contribution is 7.90. The number of amides is 1. The third-order valence-corrected chi connectivity index (χ3v) is 3.99. The molecule has 0 bridgehead atoms. The standard InChI is InChI=1S/C13H20N2O3S/c1-10(14-9-13(16)15(2)3)11-5-7-12(8-6-11)19(4,17)18/h5-8,10,14H,9H2,1-4H3. The molecule has 1 amide bonds. The van der Waals surface area contributed by atoms with Crippen molar-refractivity contribution in [2.24, 2.45) is 0 Å². The van der Waals surface area contributed by atoms with Gasteiger partial charge in [0.2, 0.25) is 5.91 Å². The summed E-state index contributed by atoms with van der Waals surface area (Å²) in [5.74, 6) is -0.000365. The van der Waals surface area contributed by atoms with E-state index in [1.807, 2.05) is 6.92 Å². The Morgan fingerprint density at radius 2 is 1.79 bits per heavy atom. The van der Waals surface area contributed by atoms with Gasteiger partial charge in [0.15, 0.2) is 9.84 Å². The van der Waals surface area contributed by atoms with E-state index in [9.17, 15) is 13.2 Å². The maximum atomic E-state index is 11.4. The first kappa shape index (κ1) is 15.7. The molecule has 6 heteroatoms. The number of benzene rings is 1. The molecule has 0 aliphatic rings. The Morgan fingerprint density at radius 3 is 2.21 bits per heavy atom. The van der Waals surface area contributed by atoms with Gasteiger partial charge in [-0.25, -0.2) is 8.42 Å². The molecule has 0 spiro atoms. The van der Waals surface area contributed by atoms with E-state index in [-0.39, 0.29) is 18.5 Å². The third kappa shape index (κ3) is 4.65. The Kier molecular flexibility index (Phi) is 5.08. The van der Waals surface area contributed by atoms with Crippen molar-refractivity contribution >= 4 is 15.7 Å². The monoisotopic (exact) mass is 284 g/mol. The highest BCUT2D eigenvalue weighted by Crippen LogP contribution is 2.15.